The topological polar surface area (TPSA) is 34.2 Å². The number of hydrogen-bond acceptors (Lipinski definition) is 3. The Morgan fingerprint density at radius 2 is 2.00 bits per heavy atom. The molecule has 34 heavy (non-hydrogen) atoms. The van der Waals surface area contributed by atoms with E-state index in [-0.39, 0.29) is 16.6 Å². The van der Waals surface area contributed by atoms with Crippen LogP contribution in [0, 0.1) is 11.3 Å². The number of fused-ring (bicyclic) bond motifs is 2. The molecule has 1 N–H and O–H groups in total. The number of rotatable bonds is 3. The summed E-state index contributed by atoms with van der Waals surface area (Å²) in [4.78, 5) is 4.38. The maximum Gasteiger partial charge on any atom is 0.0974 e. The normalized spacial score (nSPS) is 40.5. The lowest BCUT2D eigenvalue weighted by Crippen LogP contribution is -2.55. The van der Waals surface area contributed by atoms with Crippen LogP contribution < -0.4 is 5.32 Å². The molecule has 2 unspecified atom stereocenters. The van der Waals surface area contributed by atoms with Crippen molar-refractivity contribution in [1.29, 1.82) is 0 Å². The summed E-state index contributed by atoms with van der Waals surface area (Å²) in [6, 6.07) is 10.3. The monoisotopic (exact) mass is 454 g/mol. The Labute approximate surface area is 204 Å². The third-order valence-corrected chi connectivity index (χ3v) is 10.3. The summed E-state index contributed by atoms with van der Waals surface area (Å²) in [7, 11) is 0. The van der Waals surface area contributed by atoms with Crippen LogP contribution in [-0.4, -0.2) is 28.3 Å². The van der Waals surface area contributed by atoms with Crippen molar-refractivity contribution in [1.82, 2.24) is 10.3 Å². The van der Waals surface area contributed by atoms with Crippen molar-refractivity contribution in [2.24, 2.45) is 11.3 Å². The summed E-state index contributed by atoms with van der Waals surface area (Å²) in [5.74, 6) is 1.19. The summed E-state index contributed by atoms with van der Waals surface area (Å²) in [5.41, 5.74) is 4.78. The van der Waals surface area contributed by atoms with Crippen LogP contribution in [0.3, 0.4) is 0 Å². The average Bonchev–Trinajstić information content (AvgIpc) is 3.33. The van der Waals surface area contributed by atoms with Gasteiger partial charge in [-0.1, -0.05) is 45.1 Å². The van der Waals surface area contributed by atoms with E-state index in [0.717, 1.165) is 6.42 Å². The third kappa shape index (κ3) is 2.86. The van der Waals surface area contributed by atoms with Gasteiger partial charge in [0, 0.05) is 29.9 Å². The molecule has 6 atom stereocenters. The van der Waals surface area contributed by atoms with Crippen LogP contribution in [0.4, 0.5) is 0 Å². The van der Waals surface area contributed by atoms with Crippen molar-refractivity contribution in [3.8, 4) is 0 Å². The second kappa shape index (κ2) is 7.27. The number of ether oxygens (including phenoxy) is 1. The van der Waals surface area contributed by atoms with E-state index in [4.69, 9.17) is 4.74 Å². The second-order valence-corrected chi connectivity index (χ2v) is 12.5. The number of benzene rings is 1. The van der Waals surface area contributed by atoms with E-state index in [1.54, 1.807) is 5.57 Å². The third-order valence-electron chi connectivity index (χ3n) is 10.3. The van der Waals surface area contributed by atoms with Gasteiger partial charge >= 0.3 is 0 Å². The lowest BCUT2D eigenvalue weighted by molar-refractivity contribution is -0.136. The highest BCUT2D eigenvalue weighted by Gasteiger charge is 2.66. The van der Waals surface area contributed by atoms with E-state index >= 15 is 0 Å². The first-order valence-electron chi connectivity index (χ1n) is 13.6. The molecular formula is C31H38N2O. The molecule has 2 bridgehead atoms. The first-order chi connectivity index (χ1) is 16.4. The smallest absolute Gasteiger partial charge is 0.0974 e. The van der Waals surface area contributed by atoms with Crippen molar-refractivity contribution >= 4 is 10.8 Å². The maximum absolute atomic E-state index is 7.44. The maximum atomic E-state index is 7.44. The van der Waals surface area contributed by atoms with Crippen molar-refractivity contribution in [3.63, 3.8) is 0 Å². The minimum Gasteiger partial charge on any atom is -0.359 e. The lowest BCUT2D eigenvalue weighted by Gasteiger charge is -2.54. The average molecular weight is 455 g/mol. The predicted octanol–water partition coefficient (Wildman–Crippen LogP) is 6.84. The van der Waals surface area contributed by atoms with Crippen molar-refractivity contribution in [2.75, 3.05) is 0 Å². The number of hydrogen-bond donors (Lipinski definition) is 1. The Bertz CT molecular complexity index is 1210. The van der Waals surface area contributed by atoms with Crippen LogP contribution in [0.2, 0.25) is 0 Å². The standard InChI is InChI=1S/C31H38N2O/c1-20(2)33-26-7-6-24-17-25-10-12-29(3)27(22-5-4-21-11-15-32-19-23(21)16-22)8-9-28(29)31(25)14-13-30(24,18-26)34-31/h4-5,10-11,15-17,19-20,26-28,33H,6-9,12-14,18H2,1-3H3/t26-,27?,28-,29-,30?,31-/m1/s1. The van der Waals surface area contributed by atoms with Crippen LogP contribution >= 0.6 is 0 Å². The second-order valence-electron chi connectivity index (χ2n) is 12.5. The van der Waals surface area contributed by atoms with Gasteiger partial charge in [-0.3, -0.25) is 4.98 Å². The number of pyridine rings is 1. The van der Waals surface area contributed by atoms with Gasteiger partial charge in [-0.25, -0.2) is 0 Å². The van der Waals surface area contributed by atoms with Crippen LogP contribution in [0.15, 0.2) is 60.0 Å². The number of nitrogens with zero attached hydrogens (tertiary/aromatic N) is 1. The van der Waals surface area contributed by atoms with Gasteiger partial charge in [-0.2, -0.15) is 0 Å². The SMILES string of the molecule is CC(C)N[C@@H]1CCC2=CC3=CC[C@]4(C)C(c5ccc6ccncc6c5)CC[C@H]4[C@@]34CCC2(C1)O4. The molecule has 1 aromatic heterocycles. The van der Waals surface area contributed by atoms with E-state index < -0.39 is 0 Å². The fourth-order valence-corrected chi connectivity index (χ4v) is 8.89. The van der Waals surface area contributed by atoms with E-state index in [9.17, 15) is 0 Å². The predicted molar refractivity (Wildman–Crippen MR) is 138 cm³/mol. The molecule has 3 nitrogen and oxygen atoms in total. The molecule has 1 aromatic carbocycles. The Hall–Kier alpha value is -1.97. The largest absolute Gasteiger partial charge is 0.359 e. The molecule has 3 fully saturated rings. The first kappa shape index (κ1) is 21.3. The van der Waals surface area contributed by atoms with E-state index in [0.29, 0.717) is 23.9 Å². The lowest BCUT2D eigenvalue weighted by atomic mass is 9.58. The van der Waals surface area contributed by atoms with Gasteiger partial charge in [-0.05, 0) is 103 Å². The quantitative estimate of drug-likeness (QED) is 0.551. The Kier molecular flexibility index (Phi) is 4.56. The van der Waals surface area contributed by atoms with Gasteiger partial charge in [0.15, 0.2) is 0 Å². The zero-order valence-corrected chi connectivity index (χ0v) is 20.9. The van der Waals surface area contributed by atoms with Crippen LogP contribution in [-0.2, 0) is 4.74 Å². The zero-order valence-electron chi connectivity index (χ0n) is 20.9. The molecule has 2 saturated carbocycles. The highest BCUT2D eigenvalue weighted by molar-refractivity contribution is 5.82. The first-order valence-corrected chi connectivity index (χ1v) is 13.6. The summed E-state index contributed by atoms with van der Waals surface area (Å²) in [6.07, 6.45) is 18.8. The Balaban J connectivity index is 1.25. The fourth-order valence-electron chi connectivity index (χ4n) is 8.89. The van der Waals surface area contributed by atoms with Gasteiger partial charge in [-0.15, -0.1) is 0 Å². The Morgan fingerprint density at radius 3 is 2.88 bits per heavy atom. The molecule has 2 spiro atoms. The van der Waals surface area contributed by atoms with Gasteiger partial charge in [0.25, 0.3) is 0 Å². The van der Waals surface area contributed by atoms with Gasteiger partial charge in [0.05, 0.1) is 11.2 Å². The molecule has 2 aromatic rings. The zero-order chi connectivity index (χ0) is 23.1. The summed E-state index contributed by atoms with van der Waals surface area (Å²) in [5, 5.41) is 6.39. The molecule has 0 radical (unpaired) electrons. The number of nitrogens with one attached hydrogen (secondary N) is 1. The Morgan fingerprint density at radius 1 is 1.09 bits per heavy atom. The van der Waals surface area contributed by atoms with Crippen LogP contribution in [0.1, 0.15) is 83.6 Å². The van der Waals surface area contributed by atoms with E-state index in [2.05, 4.69) is 67.5 Å². The van der Waals surface area contributed by atoms with Gasteiger partial charge in [0.2, 0.25) is 0 Å². The molecular weight excluding hydrogens is 416 g/mol. The molecule has 178 valence electrons. The molecule has 2 aliphatic heterocycles. The van der Waals surface area contributed by atoms with Crippen molar-refractivity contribution in [2.45, 2.75) is 101 Å². The van der Waals surface area contributed by atoms with E-state index in [1.165, 1.54) is 66.9 Å². The summed E-state index contributed by atoms with van der Waals surface area (Å²) in [6.45, 7) is 7.12. The fraction of sp³-hybridized carbons (Fsp3) is 0.581. The number of allylic oxidation sites excluding steroid dienone is 1. The van der Waals surface area contributed by atoms with Gasteiger partial charge < -0.3 is 10.1 Å². The van der Waals surface area contributed by atoms with Crippen LogP contribution in [0.5, 0.6) is 0 Å². The van der Waals surface area contributed by atoms with Crippen molar-refractivity contribution < 1.29 is 4.74 Å². The molecule has 7 rings (SSSR count). The highest BCUT2D eigenvalue weighted by atomic mass is 16.5. The molecule has 3 heterocycles. The molecule has 3 aliphatic carbocycles. The van der Waals surface area contributed by atoms with Crippen molar-refractivity contribution in [3.05, 3.63) is 65.5 Å². The minimum absolute atomic E-state index is 0.0207. The molecule has 0 amide bonds. The number of aromatic nitrogens is 1. The summed E-state index contributed by atoms with van der Waals surface area (Å²) < 4.78 is 7.44. The summed E-state index contributed by atoms with van der Waals surface area (Å²) >= 11 is 0. The van der Waals surface area contributed by atoms with Crippen LogP contribution in [0.25, 0.3) is 10.8 Å². The highest BCUT2D eigenvalue weighted by Crippen LogP contribution is 2.69. The van der Waals surface area contributed by atoms with Gasteiger partial charge in [0.1, 0.15) is 0 Å². The molecule has 3 heteroatoms. The molecule has 5 aliphatic rings. The van der Waals surface area contributed by atoms with E-state index in [1.807, 2.05) is 12.4 Å². The minimum atomic E-state index is -0.0661. The molecule has 1 saturated heterocycles.